The van der Waals surface area contributed by atoms with Gasteiger partial charge in [0.05, 0.1) is 12.6 Å². The van der Waals surface area contributed by atoms with Crippen molar-refractivity contribution in [2.24, 2.45) is 5.84 Å². The fourth-order valence-corrected chi connectivity index (χ4v) is 2.17. The number of nitrogen functional groups attached to an aromatic ring is 1. The van der Waals surface area contributed by atoms with E-state index in [0.717, 1.165) is 25.1 Å². The van der Waals surface area contributed by atoms with E-state index < -0.39 is 0 Å². The largest absolute Gasteiger partial charge is 0.394 e. The molecule has 1 aromatic rings. The highest BCUT2D eigenvalue weighted by molar-refractivity contribution is 5.95. The molecular weight excluding hydrogens is 254 g/mol. The molecule has 0 spiro atoms. The van der Waals surface area contributed by atoms with Gasteiger partial charge in [-0.1, -0.05) is 0 Å². The summed E-state index contributed by atoms with van der Waals surface area (Å²) in [5, 5.41) is 9.19. The number of amides is 1. The van der Waals surface area contributed by atoms with E-state index in [0.29, 0.717) is 5.56 Å². The molecule has 0 aliphatic carbocycles. The van der Waals surface area contributed by atoms with Gasteiger partial charge in [-0.2, -0.15) is 0 Å². The highest BCUT2D eigenvalue weighted by atomic mass is 35.5. The Hall–Kier alpha value is -1.30. The van der Waals surface area contributed by atoms with Crippen LogP contribution in [0.1, 0.15) is 23.2 Å². The van der Waals surface area contributed by atoms with Crippen LogP contribution in [0.4, 0.5) is 5.69 Å². The lowest BCUT2D eigenvalue weighted by atomic mass is 10.1. The molecule has 1 aliphatic rings. The smallest absolute Gasteiger partial charge is 0.254 e. The number of anilines is 1. The quantitative estimate of drug-likeness (QED) is 0.566. The van der Waals surface area contributed by atoms with E-state index in [1.165, 1.54) is 0 Å². The molecular formula is C12H18ClN3O2. The number of nitrogens with two attached hydrogens (primary N) is 1. The molecule has 6 heteroatoms. The predicted molar refractivity (Wildman–Crippen MR) is 72.6 cm³/mol. The van der Waals surface area contributed by atoms with Gasteiger partial charge in [0.25, 0.3) is 5.91 Å². The number of halogens is 1. The molecule has 18 heavy (non-hydrogen) atoms. The summed E-state index contributed by atoms with van der Waals surface area (Å²) in [5.41, 5.74) is 3.91. The van der Waals surface area contributed by atoms with Crippen LogP contribution in [0.5, 0.6) is 0 Å². The fourth-order valence-electron chi connectivity index (χ4n) is 2.17. The number of hydrogen-bond donors (Lipinski definition) is 3. The maximum absolute atomic E-state index is 12.2. The lowest BCUT2D eigenvalue weighted by Crippen LogP contribution is -2.37. The van der Waals surface area contributed by atoms with Crippen LogP contribution >= 0.6 is 12.4 Å². The maximum atomic E-state index is 12.2. The van der Waals surface area contributed by atoms with Gasteiger partial charge in [0.1, 0.15) is 0 Å². The van der Waals surface area contributed by atoms with E-state index in [-0.39, 0.29) is 31.0 Å². The Morgan fingerprint density at radius 2 is 2.11 bits per heavy atom. The molecule has 5 nitrogen and oxygen atoms in total. The molecule has 1 unspecified atom stereocenters. The number of rotatable bonds is 3. The first kappa shape index (κ1) is 14.8. The number of hydrogen-bond acceptors (Lipinski definition) is 4. The molecule has 1 heterocycles. The van der Waals surface area contributed by atoms with Crippen LogP contribution in [-0.4, -0.2) is 35.1 Å². The van der Waals surface area contributed by atoms with Gasteiger partial charge in [-0.25, -0.2) is 0 Å². The Bertz CT molecular complexity index is 397. The van der Waals surface area contributed by atoms with E-state index in [1.54, 1.807) is 29.2 Å². The standard InChI is InChI=1S/C12H17N3O2.ClH/c13-14-10-5-3-9(4-6-10)12(17)15-7-1-2-11(15)8-16;/h3-6,11,14,16H,1-2,7-8,13H2;1H. The average Bonchev–Trinajstić information content (AvgIpc) is 2.86. The highest BCUT2D eigenvalue weighted by Crippen LogP contribution is 2.20. The van der Waals surface area contributed by atoms with Gasteiger partial charge in [-0.15, -0.1) is 12.4 Å². The first-order valence-electron chi connectivity index (χ1n) is 5.74. The lowest BCUT2D eigenvalue weighted by Gasteiger charge is -2.23. The predicted octanol–water partition coefficient (Wildman–Crippen LogP) is 0.991. The van der Waals surface area contributed by atoms with Gasteiger partial charge < -0.3 is 15.4 Å². The van der Waals surface area contributed by atoms with Crippen molar-refractivity contribution in [2.45, 2.75) is 18.9 Å². The Balaban J connectivity index is 0.00000162. The second kappa shape index (κ2) is 6.58. The third kappa shape index (κ3) is 2.93. The molecule has 0 radical (unpaired) electrons. The summed E-state index contributed by atoms with van der Waals surface area (Å²) in [5.74, 6) is 5.24. The second-order valence-corrected chi connectivity index (χ2v) is 4.20. The Morgan fingerprint density at radius 1 is 1.44 bits per heavy atom. The molecule has 0 aromatic heterocycles. The second-order valence-electron chi connectivity index (χ2n) is 4.20. The number of nitrogens with one attached hydrogen (secondary N) is 1. The van der Waals surface area contributed by atoms with Crippen LogP contribution in [0.3, 0.4) is 0 Å². The number of carbonyl (C=O) groups is 1. The average molecular weight is 272 g/mol. The molecule has 1 amide bonds. The number of likely N-dealkylation sites (tertiary alicyclic amines) is 1. The summed E-state index contributed by atoms with van der Waals surface area (Å²) in [7, 11) is 0. The normalized spacial score (nSPS) is 18.3. The molecule has 0 saturated carbocycles. The van der Waals surface area contributed by atoms with Crippen molar-refractivity contribution in [3.63, 3.8) is 0 Å². The maximum Gasteiger partial charge on any atom is 0.254 e. The van der Waals surface area contributed by atoms with Crippen LogP contribution in [0.2, 0.25) is 0 Å². The summed E-state index contributed by atoms with van der Waals surface area (Å²) in [4.78, 5) is 13.9. The highest BCUT2D eigenvalue weighted by Gasteiger charge is 2.28. The van der Waals surface area contributed by atoms with Crippen LogP contribution < -0.4 is 11.3 Å². The number of hydrazine groups is 1. The van der Waals surface area contributed by atoms with Crippen LogP contribution in [0, 0.1) is 0 Å². The van der Waals surface area contributed by atoms with E-state index >= 15 is 0 Å². The third-order valence-corrected chi connectivity index (χ3v) is 3.15. The molecule has 1 aliphatic heterocycles. The van der Waals surface area contributed by atoms with Gasteiger partial charge in [0.15, 0.2) is 0 Å². The molecule has 1 fully saturated rings. The topological polar surface area (TPSA) is 78.6 Å². The molecule has 2 rings (SSSR count). The van der Waals surface area contributed by atoms with E-state index in [4.69, 9.17) is 5.84 Å². The zero-order chi connectivity index (χ0) is 12.3. The van der Waals surface area contributed by atoms with Gasteiger partial charge in [0, 0.05) is 17.8 Å². The molecule has 100 valence electrons. The summed E-state index contributed by atoms with van der Waals surface area (Å²) in [6.07, 6.45) is 1.84. The summed E-state index contributed by atoms with van der Waals surface area (Å²) < 4.78 is 0. The zero-order valence-corrected chi connectivity index (χ0v) is 10.8. The summed E-state index contributed by atoms with van der Waals surface area (Å²) in [6.45, 7) is 0.759. The van der Waals surface area contributed by atoms with Crippen molar-refractivity contribution in [2.75, 3.05) is 18.6 Å². The molecule has 1 atom stereocenters. The number of benzene rings is 1. The van der Waals surface area contributed by atoms with Crippen molar-refractivity contribution < 1.29 is 9.90 Å². The van der Waals surface area contributed by atoms with Crippen LogP contribution in [-0.2, 0) is 0 Å². The van der Waals surface area contributed by atoms with Crippen molar-refractivity contribution in [3.8, 4) is 0 Å². The number of aliphatic hydroxyl groups excluding tert-OH is 1. The molecule has 1 aromatic carbocycles. The number of nitrogens with zero attached hydrogens (tertiary/aromatic N) is 1. The van der Waals surface area contributed by atoms with Crippen molar-refractivity contribution in [1.82, 2.24) is 4.90 Å². The van der Waals surface area contributed by atoms with E-state index in [2.05, 4.69) is 5.43 Å². The molecule has 1 saturated heterocycles. The minimum absolute atomic E-state index is 0. The number of aliphatic hydroxyl groups is 1. The Kier molecular flexibility index (Phi) is 5.40. The van der Waals surface area contributed by atoms with Crippen molar-refractivity contribution >= 4 is 24.0 Å². The minimum atomic E-state index is -0.0326. The monoisotopic (exact) mass is 271 g/mol. The molecule has 0 bridgehead atoms. The number of carbonyl (C=O) groups excluding carboxylic acids is 1. The first-order valence-corrected chi connectivity index (χ1v) is 5.74. The fraction of sp³-hybridized carbons (Fsp3) is 0.417. The first-order chi connectivity index (χ1) is 8.26. The summed E-state index contributed by atoms with van der Waals surface area (Å²) >= 11 is 0. The van der Waals surface area contributed by atoms with Gasteiger partial charge >= 0.3 is 0 Å². The van der Waals surface area contributed by atoms with E-state index in [9.17, 15) is 9.90 Å². The SMILES string of the molecule is Cl.NNc1ccc(C(=O)N2CCCC2CO)cc1. The minimum Gasteiger partial charge on any atom is -0.394 e. The van der Waals surface area contributed by atoms with Crippen molar-refractivity contribution in [3.05, 3.63) is 29.8 Å². The molecule has 4 N–H and O–H groups in total. The lowest BCUT2D eigenvalue weighted by molar-refractivity contribution is 0.0677. The van der Waals surface area contributed by atoms with Crippen LogP contribution in [0.15, 0.2) is 24.3 Å². The third-order valence-electron chi connectivity index (χ3n) is 3.15. The van der Waals surface area contributed by atoms with Gasteiger partial charge in [-0.3, -0.25) is 10.6 Å². The summed E-state index contributed by atoms with van der Waals surface area (Å²) in [6, 6.07) is 6.97. The van der Waals surface area contributed by atoms with Gasteiger partial charge in [-0.05, 0) is 37.1 Å². The Labute approximate surface area is 112 Å². The Morgan fingerprint density at radius 3 is 2.67 bits per heavy atom. The van der Waals surface area contributed by atoms with E-state index in [1.807, 2.05) is 0 Å². The van der Waals surface area contributed by atoms with Crippen molar-refractivity contribution in [1.29, 1.82) is 0 Å². The van der Waals surface area contributed by atoms with Gasteiger partial charge in [0.2, 0.25) is 0 Å². The van der Waals surface area contributed by atoms with Crippen LogP contribution in [0.25, 0.3) is 0 Å². The zero-order valence-electron chi connectivity index (χ0n) is 10.0.